The molecule has 3 atom stereocenters. The molecule has 0 saturated carbocycles. The van der Waals surface area contributed by atoms with E-state index < -0.39 is 78.6 Å². The number of ether oxygens (including phenoxy) is 3. The number of benzene rings is 1. The molecule has 0 radical (unpaired) electrons. The fraction of sp³-hybridized carbons (Fsp3) is 0.552. The van der Waals surface area contributed by atoms with Crippen LogP contribution in [-0.4, -0.2) is 90.5 Å². The maximum absolute atomic E-state index is 13.1. The molecular weight excluding hydrogens is 568 g/mol. The average molecular weight is 609 g/mol. The summed E-state index contributed by atoms with van der Waals surface area (Å²) in [6.07, 6.45) is -2.48. The van der Waals surface area contributed by atoms with E-state index in [1.165, 1.54) is 7.11 Å². The van der Waals surface area contributed by atoms with Crippen LogP contribution in [0.25, 0.3) is 0 Å². The van der Waals surface area contributed by atoms with E-state index >= 15 is 0 Å². The predicted octanol–water partition coefficient (Wildman–Crippen LogP) is 1.04. The summed E-state index contributed by atoms with van der Waals surface area (Å²) in [6, 6.07) is 6.20. The SMILES string of the molecule is COCCOCCCC(=O)[C@H](CC(=O)O)NC(=O)[C@H](CC(=O)O)CC(=O)[C@@H](CCC(=O)OCc1ccccc1)NC(C)=O. The summed E-state index contributed by atoms with van der Waals surface area (Å²) in [4.78, 5) is 85.6. The van der Waals surface area contributed by atoms with Crippen LogP contribution in [0.15, 0.2) is 30.3 Å². The summed E-state index contributed by atoms with van der Waals surface area (Å²) in [6.45, 7) is 2.02. The molecule has 43 heavy (non-hydrogen) atoms. The van der Waals surface area contributed by atoms with E-state index in [9.17, 15) is 43.8 Å². The van der Waals surface area contributed by atoms with Crippen LogP contribution in [0.5, 0.6) is 0 Å². The molecule has 0 saturated heterocycles. The van der Waals surface area contributed by atoms with Gasteiger partial charge in [0.15, 0.2) is 11.6 Å². The normalized spacial score (nSPS) is 12.8. The number of carbonyl (C=O) groups is 7. The van der Waals surface area contributed by atoms with E-state index in [-0.39, 0.29) is 38.9 Å². The van der Waals surface area contributed by atoms with Crippen molar-refractivity contribution in [3.8, 4) is 0 Å². The van der Waals surface area contributed by atoms with Crippen LogP contribution in [0.2, 0.25) is 0 Å². The number of esters is 1. The number of carboxylic acid groups (broad SMARTS) is 2. The van der Waals surface area contributed by atoms with Gasteiger partial charge in [-0.3, -0.25) is 33.6 Å². The highest BCUT2D eigenvalue weighted by Gasteiger charge is 2.32. The van der Waals surface area contributed by atoms with Crippen molar-refractivity contribution in [2.24, 2.45) is 5.92 Å². The maximum Gasteiger partial charge on any atom is 0.306 e. The minimum Gasteiger partial charge on any atom is -0.481 e. The molecule has 14 heteroatoms. The number of nitrogens with one attached hydrogen (secondary N) is 2. The van der Waals surface area contributed by atoms with Crippen molar-refractivity contribution in [1.29, 1.82) is 0 Å². The minimum absolute atomic E-state index is 0.0103. The van der Waals surface area contributed by atoms with Crippen molar-refractivity contribution in [3.05, 3.63) is 35.9 Å². The fourth-order valence-electron chi connectivity index (χ4n) is 3.96. The van der Waals surface area contributed by atoms with E-state index in [0.717, 1.165) is 12.5 Å². The van der Waals surface area contributed by atoms with Crippen molar-refractivity contribution in [2.45, 2.75) is 70.6 Å². The van der Waals surface area contributed by atoms with Crippen LogP contribution in [0, 0.1) is 5.92 Å². The minimum atomic E-state index is -1.48. The Morgan fingerprint density at radius 1 is 0.791 bits per heavy atom. The van der Waals surface area contributed by atoms with Crippen molar-refractivity contribution in [2.75, 3.05) is 26.9 Å². The molecule has 238 valence electrons. The highest BCUT2D eigenvalue weighted by molar-refractivity contribution is 5.96. The Morgan fingerprint density at radius 3 is 2.07 bits per heavy atom. The topological polar surface area (TPSA) is 212 Å². The van der Waals surface area contributed by atoms with Crippen LogP contribution in [0.1, 0.15) is 57.4 Å². The lowest BCUT2D eigenvalue weighted by Gasteiger charge is -2.22. The number of carbonyl (C=O) groups excluding carboxylic acids is 5. The molecule has 0 aromatic heterocycles. The van der Waals surface area contributed by atoms with E-state index in [1.807, 2.05) is 0 Å². The van der Waals surface area contributed by atoms with Gasteiger partial charge in [-0.15, -0.1) is 0 Å². The number of hydrogen-bond acceptors (Lipinski definition) is 10. The highest BCUT2D eigenvalue weighted by Crippen LogP contribution is 2.16. The lowest BCUT2D eigenvalue weighted by Crippen LogP contribution is -2.47. The first-order valence-electron chi connectivity index (χ1n) is 13.8. The molecule has 0 bridgehead atoms. The Bertz CT molecular complexity index is 1090. The molecule has 2 amide bonds. The molecular formula is C29H40N2O12. The number of rotatable bonds is 23. The molecule has 0 fully saturated rings. The van der Waals surface area contributed by atoms with Gasteiger partial charge in [-0.05, 0) is 18.4 Å². The summed E-state index contributed by atoms with van der Waals surface area (Å²) < 4.78 is 15.3. The first-order chi connectivity index (χ1) is 20.4. The smallest absolute Gasteiger partial charge is 0.306 e. The number of hydrogen-bond donors (Lipinski definition) is 4. The van der Waals surface area contributed by atoms with E-state index in [2.05, 4.69) is 10.6 Å². The molecule has 0 aliphatic rings. The largest absolute Gasteiger partial charge is 0.481 e. The lowest BCUT2D eigenvalue weighted by molar-refractivity contribution is -0.145. The van der Waals surface area contributed by atoms with Gasteiger partial charge >= 0.3 is 17.9 Å². The van der Waals surface area contributed by atoms with Crippen LogP contribution in [0.4, 0.5) is 0 Å². The van der Waals surface area contributed by atoms with Gasteiger partial charge in [0, 0.05) is 39.9 Å². The van der Waals surface area contributed by atoms with Gasteiger partial charge in [-0.2, -0.15) is 0 Å². The standard InChI is InChI=1S/C29H40N2O12/c1-19(32)30-22(10-11-28(39)43-18-20-7-4-3-5-8-20)25(34)15-21(16-26(35)36)29(40)31-23(17-27(37)38)24(33)9-6-12-42-14-13-41-2/h3-5,7-8,21-23H,6,9-18H2,1-2H3,(H,30,32)(H,31,40)(H,35,36)(H,37,38)/t21-,22+,23-/m0/s1. The second-order valence-electron chi connectivity index (χ2n) is 9.74. The molecule has 0 unspecified atom stereocenters. The second kappa shape index (κ2) is 20.7. The fourth-order valence-corrected chi connectivity index (χ4v) is 3.96. The van der Waals surface area contributed by atoms with Gasteiger partial charge in [-0.25, -0.2) is 0 Å². The molecule has 0 heterocycles. The van der Waals surface area contributed by atoms with E-state index in [1.54, 1.807) is 30.3 Å². The zero-order valence-electron chi connectivity index (χ0n) is 24.4. The molecule has 0 aliphatic heterocycles. The number of amides is 2. The number of carboxylic acids is 2. The van der Waals surface area contributed by atoms with Crippen LogP contribution >= 0.6 is 0 Å². The predicted molar refractivity (Wildman–Crippen MR) is 150 cm³/mol. The van der Waals surface area contributed by atoms with Crippen molar-refractivity contribution < 1.29 is 58.0 Å². The highest BCUT2D eigenvalue weighted by atomic mass is 16.5. The summed E-state index contributed by atoms with van der Waals surface area (Å²) in [5, 5.41) is 23.3. The van der Waals surface area contributed by atoms with E-state index in [4.69, 9.17) is 14.2 Å². The third-order valence-corrected chi connectivity index (χ3v) is 6.11. The number of Topliss-reactive ketones (excluding diaryl/α,β-unsaturated/α-hetero) is 2. The quantitative estimate of drug-likeness (QED) is 0.101. The molecule has 4 N–H and O–H groups in total. The average Bonchev–Trinajstić information content (AvgIpc) is 2.94. The Balaban J connectivity index is 2.85. The molecule has 14 nitrogen and oxygen atoms in total. The first-order valence-corrected chi connectivity index (χ1v) is 13.8. The Hall–Kier alpha value is -4.17. The van der Waals surface area contributed by atoms with Crippen molar-refractivity contribution in [3.63, 3.8) is 0 Å². The van der Waals surface area contributed by atoms with Gasteiger partial charge in [0.25, 0.3) is 0 Å². The number of ketones is 2. The van der Waals surface area contributed by atoms with Gasteiger partial charge in [0.1, 0.15) is 6.61 Å². The molecule has 1 rings (SSSR count). The summed E-state index contributed by atoms with van der Waals surface area (Å²) in [7, 11) is 1.50. The third kappa shape index (κ3) is 16.8. The Labute approximate surface area is 249 Å². The number of aliphatic carboxylic acids is 2. The summed E-state index contributed by atoms with van der Waals surface area (Å²) in [5.74, 6) is -7.81. The zero-order chi connectivity index (χ0) is 32.2. The van der Waals surface area contributed by atoms with Crippen LogP contribution in [-0.2, 0) is 54.4 Å². The number of methoxy groups -OCH3 is 1. The van der Waals surface area contributed by atoms with Crippen molar-refractivity contribution >= 4 is 41.3 Å². The lowest BCUT2D eigenvalue weighted by atomic mass is 9.92. The van der Waals surface area contributed by atoms with Gasteiger partial charge in [0.2, 0.25) is 11.8 Å². The Kier molecular flexibility index (Phi) is 17.7. The van der Waals surface area contributed by atoms with Crippen molar-refractivity contribution in [1.82, 2.24) is 10.6 Å². The van der Waals surface area contributed by atoms with Crippen LogP contribution in [0.3, 0.4) is 0 Å². The van der Waals surface area contributed by atoms with Gasteiger partial charge < -0.3 is 35.1 Å². The third-order valence-electron chi connectivity index (χ3n) is 6.11. The van der Waals surface area contributed by atoms with Gasteiger partial charge in [-0.1, -0.05) is 30.3 Å². The summed E-state index contributed by atoms with van der Waals surface area (Å²) >= 11 is 0. The first kappa shape index (κ1) is 36.9. The second-order valence-corrected chi connectivity index (χ2v) is 9.74. The van der Waals surface area contributed by atoms with Crippen LogP contribution < -0.4 is 10.6 Å². The summed E-state index contributed by atoms with van der Waals surface area (Å²) in [5.41, 5.74) is 0.753. The molecule has 1 aromatic rings. The monoisotopic (exact) mass is 608 g/mol. The van der Waals surface area contributed by atoms with E-state index in [0.29, 0.717) is 13.2 Å². The molecule has 0 spiro atoms. The molecule has 1 aromatic carbocycles. The maximum atomic E-state index is 13.1. The molecule has 0 aliphatic carbocycles. The Morgan fingerprint density at radius 2 is 1.47 bits per heavy atom. The van der Waals surface area contributed by atoms with Gasteiger partial charge in [0.05, 0.1) is 44.1 Å². The zero-order valence-corrected chi connectivity index (χ0v) is 24.4.